The molecule has 0 unspecified atom stereocenters. The fraction of sp³-hybridized carbons (Fsp3) is 0.444. The lowest BCUT2D eigenvalue weighted by Gasteiger charge is -2.35. The van der Waals surface area contributed by atoms with Gasteiger partial charge in [0.15, 0.2) is 6.10 Å². The molecule has 0 bridgehead atoms. The molecule has 8 heteroatoms. The van der Waals surface area contributed by atoms with Gasteiger partial charge in [0.25, 0.3) is 0 Å². The number of carbonyl (C=O) groups excluding carboxylic acids is 1. The molecule has 0 fully saturated rings. The summed E-state index contributed by atoms with van der Waals surface area (Å²) in [5.41, 5.74) is 6.07. The molecule has 1 atom stereocenters. The number of hydrogen-bond acceptors (Lipinski definition) is 5. The zero-order valence-corrected chi connectivity index (χ0v) is 22.5. The lowest BCUT2D eigenvalue weighted by Crippen LogP contribution is -2.37. The predicted octanol–water partition coefficient (Wildman–Crippen LogP) is 5.04. The van der Waals surface area contributed by atoms with Gasteiger partial charge in [-0.1, -0.05) is 29.8 Å². The molecule has 1 aliphatic heterocycles. The molecule has 0 aliphatic carbocycles. The number of sulfonamides is 1. The number of methoxy groups -OCH3 is 1. The Kier molecular flexibility index (Phi) is 6.26. The summed E-state index contributed by atoms with van der Waals surface area (Å²) < 4.78 is 40.9. The fourth-order valence-corrected chi connectivity index (χ4v) is 6.00. The van der Waals surface area contributed by atoms with Crippen LogP contribution in [0.1, 0.15) is 49.3 Å². The van der Waals surface area contributed by atoms with Crippen molar-refractivity contribution in [1.29, 1.82) is 0 Å². The molecule has 188 valence electrons. The van der Waals surface area contributed by atoms with E-state index >= 15 is 0 Å². The Morgan fingerprint density at radius 2 is 1.69 bits per heavy atom. The fourth-order valence-electron chi connectivity index (χ4n) is 5.03. The smallest absolute Gasteiger partial charge is 0.339 e. The van der Waals surface area contributed by atoms with E-state index < -0.39 is 27.7 Å². The van der Waals surface area contributed by atoms with Gasteiger partial charge < -0.3 is 14.0 Å². The first-order valence-electron chi connectivity index (χ1n) is 11.7. The number of anilines is 1. The first kappa shape index (κ1) is 25.3. The van der Waals surface area contributed by atoms with E-state index in [1.54, 1.807) is 0 Å². The molecular weight excluding hydrogens is 464 g/mol. The van der Waals surface area contributed by atoms with Crippen molar-refractivity contribution in [3.8, 4) is 11.1 Å². The Morgan fingerprint density at radius 3 is 2.23 bits per heavy atom. The van der Waals surface area contributed by atoms with Crippen molar-refractivity contribution in [2.75, 3.05) is 24.2 Å². The van der Waals surface area contributed by atoms with Gasteiger partial charge in [-0.15, -0.1) is 0 Å². The normalized spacial score (nSPS) is 14.9. The zero-order valence-electron chi connectivity index (χ0n) is 21.7. The number of esters is 1. The van der Waals surface area contributed by atoms with Gasteiger partial charge in [0, 0.05) is 23.2 Å². The lowest BCUT2D eigenvalue weighted by molar-refractivity contribution is -0.164. The number of nitrogens with zero attached hydrogens (tertiary/aromatic N) is 2. The van der Waals surface area contributed by atoms with Crippen LogP contribution in [-0.2, 0) is 30.8 Å². The second kappa shape index (κ2) is 8.68. The summed E-state index contributed by atoms with van der Waals surface area (Å²) in [4.78, 5) is 13.2. The van der Waals surface area contributed by atoms with E-state index in [2.05, 4.69) is 10.6 Å². The third-order valence-electron chi connectivity index (χ3n) is 6.49. The van der Waals surface area contributed by atoms with Crippen LogP contribution < -0.4 is 4.31 Å². The van der Waals surface area contributed by atoms with Gasteiger partial charge in [-0.2, -0.15) is 0 Å². The number of aryl methyl sites for hydroxylation is 2. The number of benzene rings is 2. The van der Waals surface area contributed by atoms with E-state index in [-0.39, 0.29) is 0 Å². The van der Waals surface area contributed by atoms with Crippen molar-refractivity contribution in [1.82, 2.24) is 4.57 Å². The molecule has 7 nitrogen and oxygen atoms in total. The summed E-state index contributed by atoms with van der Waals surface area (Å²) in [6.07, 6.45) is 0.185. The van der Waals surface area contributed by atoms with Crippen LogP contribution in [0.15, 0.2) is 30.3 Å². The van der Waals surface area contributed by atoms with Crippen LogP contribution in [0, 0.1) is 20.8 Å². The molecule has 0 N–H and O–H groups in total. The van der Waals surface area contributed by atoms with Crippen molar-refractivity contribution in [2.24, 2.45) is 0 Å². The molecule has 1 aromatic heterocycles. The van der Waals surface area contributed by atoms with Crippen molar-refractivity contribution in [3.63, 3.8) is 0 Å². The standard InChI is InChI=1S/C27H34N2O5S/c1-16-9-11-19(12-10-16)22-20-15-17(2)28-13-14-29(35(8,31)32)23(24(20)28)18(3)21(22)25(26(30)33-7)34-27(4,5)6/h9-12,15,25H,13-14H2,1-8H3/t25-/m0/s1. The highest BCUT2D eigenvalue weighted by Gasteiger charge is 2.38. The highest BCUT2D eigenvalue weighted by molar-refractivity contribution is 7.92. The average molecular weight is 499 g/mol. The molecule has 2 aromatic carbocycles. The van der Waals surface area contributed by atoms with Crippen LogP contribution in [0.5, 0.6) is 0 Å². The van der Waals surface area contributed by atoms with Gasteiger partial charge in [-0.3, -0.25) is 4.31 Å². The molecule has 0 spiro atoms. The van der Waals surface area contributed by atoms with Crippen LogP contribution >= 0.6 is 0 Å². The second-order valence-electron chi connectivity index (χ2n) is 10.3. The largest absolute Gasteiger partial charge is 0.467 e. The van der Waals surface area contributed by atoms with Gasteiger partial charge in [0.05, 0.1) is 36.7 Å². The van der Waals surface area contributed by atoms with Gasteiger partial charge >= 0.3 is 5.97 Å². The summed E-state index contributed by atoms with van der Waals surface area (Å²) in [6.45, 7) is 12.5. The van der Waals surface area contributed by atoms with Crippen LogP contribution in [0.2, 0.25) is 0 Å². The molecule has 1 aliphatic rings. The molecule has 2 heterocycles. The number of hydrogen-bond donors (Lipinski definition) is 0. The molecular formula is C27H34N2O5S. The Hall–Kier alpha value is -2.84. The topological polar surface area (TPSA) is 77.8 Å². The molecule has 4 rings (SSSR count). The molecule has 35 heavy (non-hydrogen) atoms. The number of rotatable bonds is 5. The van der Waals surface area contributed by atoms with E-state index in [9.17, 15) is 13.2 Å². The third kappa shape index (κ3) is 4.45. The van der Waals surface area contributed by atoms with Gasteiger partial charge in [0.2, 0.25) is 10.0 Å². The quantitative estimate of drug-likeness (QED) is 0.461. The summed E-state index contributed by atoms with van der Waals surface area (Å²) in [5, 5.41) is 0.890. The maximum atomic E-state index is 13.2. The number of aromatic nitrogens is 1. The summed E-state index contributed by atoms with van der Waals surface area (Å²) in [5.74, 6) is -0.527. The van der Waals surface area contributed by atoms with Gasteiger partial charge in [-0.05, 0) is 64.3 Å². The van der Waals surface area contributed by atoms with Crippen LogP contribution in [0.4, 0.5) is 5.69 Å². The summed E-state index contributed by atoms with van der Waals surface area (Å²) >= 11 is 0. The minimum atomic E-state index is -3.55. The van der Waals surface area contributed by atoms with E-state index in [0.29, 0.717) is 29.9 Å². The minimum absolute atomic E-state index is 0.323. The Balaban J connectivity index is 2.21. The Labute approximate surface area is 207 Å². The van der Waals surface area contributed by atoms with E-state index in [1.165, 1.54) is 17.7 Å². The number of carbonyl (C=O) groups is 1. The third-order valence-corrected chi connectivity index (χ3v) is 7.66. The highest BCUT2D eigenvalue weighted by Crippen LogP contribution is 2.48. The van der Waals surface area contributed by atoms with Crippen molar-refractivity contribution in [3.05, 3.63) is 52.7 Å². The van der Waals surface area contributed by atoms with Crippen molar-refractivity contribution < 1.29 is 22.7 Å². The highest BCUT2D eigenvalue weighted by atomic mass is 32.2. The van der Waals surface area contributed by atoms with Crippen molar-refractivity contribution >= 4 is 32.6 Å². The molecule has 0 saturated heterocycles. The predicted molar refractivity (Wildman–Crippen MR) is 139 cm³/mol. The molecule has 0 radical (unpaired) electrons. The minimum Gasteiger partial charge on any atom is -0.467 e. The summed E-state index contributed by atoms with van der Waals surface area (Å²) in [7, 11) is -2.21. The molecule has 3 aromatic rings. The van der Waals surface area contributed by atoms with Crippen LogP contribution in [-0.4, -0.2) is 44.5 Å². The van der Waals surface area contributed by atoms with Gasteiger partial charge in [0.1, 0.15) is 0 Å². The maximum absolute atomic E-state index is 13.2. The Bertz CT molecular complexity index is 1410. The number of ether oxygens (including phenoxy) is 2. The molecule has 0 saturated carbocycles. The van der Waals surface area contributed by atoms with Gasteiger partial charge in [-0.25, -0.2) is 13.2 Å². The summed E-state index contributed by atoms with van der Waals surface area (Å²) in [6, 6.07) is 10.2. The average Bonchev–Trinajstić information content (AvgIpc) is 3.10. The van der Waals surface area contributed by atoms with E-state index in [4.69, 9.17) is 9.47 Å². The maximum Gasteiger partial charge on any atom is 0.339 e. The van der Waals surface area contributed by atoms with Crippen LogP contribution in [0.3, 0.4) is 0 Å². The Morgan fingerprint density at radius 1 is 1.06 bits per heavy atom. The zero-order chi connectivity index (χ0) is 25.9. The van der Waals surface area contributed by atoms with Crippen molar-refractivity contribution in [2.45, 2.75) is 59.8 Å². The van der Waals surface area contributed by atoms with E-state index in [1.807, 2.05) is 65.8 Å². The van der Waals surface area contributed by atoms with Crippen LogP contribution in [0.25, 0.3) is 22.0 Å². The SMILES string of the molecule is COC(=O)[C@@H](OC(C)(C)C)c1c(C)c2c3c(cc(C)n3CCN2S(C)(=O)=O)c1-c1ccc(C)cc1. The first-order chi connectivity index (χ1) is 16.2. The first-order valence-corrected chi connectivity index (χ1v) is 13.6. The second-order valence-corrected chi connectivity index (χ2v) is 12.2. The lowest BCUT2D eigenvalue weighted by atomic mass is 9.87. The monoisotopic (exact) mass is 498 g/mol. The molecule has 0 amide bonds. The van der Waals surface area contributed by atoms with E-state index in [0.717, 1.165) is 33.3 Å².